The largest absolute Gasteiger partial charge is 0.398 e. The number of para-hydroxylation sites is 1. The van der Waals surface area contributed by atoms with Crippen LogP contribution in [0.15, 0.2) is 47.4 Å². The molecule has 0 atom stereocenters. The molecular formula is C14H11FN2O2S. The van der Waals surface area contributed by atoms with Crippen molar-refractivity contribution in [1.29, 1.82) is 5.26 Å². The van der Waals surface area contributed by atoms with Crippen molar-refractivity contribution in [3.8, 4) is 6.07 Å². The molecule has 0 amide bonds. The van der Waals surface area contributed by atoms with Gasteiger partial charge in [-0.2, -0.15) is 5.26 Å². The third-order valence-corrected chi connectivity index (χ3v) is 4.51. The molecule has 4 nitrogen and oxygen atoms in total. The third-order valence-electron chi connectivity index (χ3n) is 2.78. The van der Waals surface area contributed by atoms with Gasteiger partial charge in [-0.05, 0) is 24.3 Å². The Hall–Kier alpha value is -2.39. The summed E-state index contributed by atoms with van der Waals surface area (Å²) in [5.74, 6) is -1.22. The molecule has 0 aromatic heterocycles. The van der Waals surface area contributed by atoms with Gasteiger partial charge < -0.3 is 5.73 Å². The molecule has 0 aliphatic carbocycles. The maximum atomic E-state index is 13.7. The number of nitriles is 1. The molecule has 2 aromatic carbocycles. The normalized spacial score (nSPS) is 11.0. The highest BCUT2D eigenvalue weighted by atomic mass is 32.2. The van der Waals surface area contributed by atoms with Gasteiger partial charge in [0.05, 0.1) is 28.0 Å². The molecule has 0 unspecified atom stereocenters. The summed E-state index contributed by atoms with van der Waals surface area (Å²) >= 11 is 0. The van der Waals surface area contributed by atoms with E-state index in [1.54, 1.807) is 18.2 Å². The lowest BCUT2D eigenvalue weighted by atomic mass is 10.1. The number of rotatable bonds is 3. The van der Waals surface area contributed by atoms with Crippen LogP contribution in [0.3, 0.4) is 0 Å². The van der Waals surface area contributed by atoms with E-state index in [2.05, 4.69) is 0 Å². The second-order valence-corrected chi connectivity index (χ2v) is 6.17. The van der Waals surface area contributed by atoms with Crippen LogP contribution in [0.25, 0.3) is 0 Å². The molecular weight excluding hydrogens is 279 g/mol. The molecule has 0 aliphatic heterocycles. The first kappa shape index (κ1) is 14.0. The van der Waals surface area contributed by atoms with Gasteiger partial charge in [0.25, 0.3) is 0 Å². The summed E-state index contributed by atoms with van der Waals surface area (Å²) in [6, 6.07) is 11.5. The van der Waals surface area contributed by atoms with Gasteiger partial charge in [-0.25, -0.2) is 12.8 Å². The molecule has 0 fully saturated rings. The minimum absolute atomic E-state index is 0.00672. The van der Waals surface area contributed by atoms with Gasteiger partial charge in [0.1, 0.15) is 5.82 Å². The average molecular weight is 290 g/mol. The zero-order chi connectivity index (χ0) is 14.8. The number of sulfone groups is 1. The molecule has 20 heavy (non-hydrogen) atoms. The van der Waals surface area contributed by atoms with E-state index in [1.807, 2.05) is 0 Å². The van der Waals surface area contributed by atoms with Crippen LogP contribution in [-0.4, -0.2) is 8.42 Å². The Morgan fingerprint density at radius 2 is 1.90 bits per heavy atom. The number of hydrogen-bond donors (Lipinski definition) is 1. The monoisotopic (exact) mass is 290 g/mol. The van der Waals surface area contributed by atoms with Crippen molar-refractivity contribution in [1.82, 2.24) is 0 Å². The highest BCUT2D eigenvalue weighted by molar-refractivity contribution is 7.90. The van der Waals surface area contributed by atoms with E-state index >= 15 is 0 Å². The van der Waals surface area contributed by atoms with Crippen molar-refractivity contribution in [3.63, 3.8) is 0 Å². The first-order chi connectivity index (χ1) is 9.44. The maximum absolute atomic E-state index is 13.7. The number of nitrogens with two attached hydrogens (primary N) is 1. The fraction of sp³-hybridized carbons (Fsp3) is 0.0714. The van der Waals surface area contributed by atoms with Crippen molar-refractivity contribution in [3.05, 3.63) is 59.4 Å². The first-order valence-electron chi connectivity index (χ1n) is 5.70. The van der Waals surface area contributed by atoms with Gasteiger partial charge in [-0.1, -0.05) is 18.2 Å². The van der Waals surface area contributed by atoms with E-state index in [9.17, 15) is 12.8 Å². The highest BCUT2D eigenvalue weighted by Crippen LogP contribution is 2.23. The number of nitrogen functional groups attached to an aromatic ring is 1. The van der Waals surface area contributed by atoms with Gasteiger partial charge in [0, 0.05) is 5.56 Å². The molecule has 0 radical (unpaired) electrons. The predicted molar refractivity (Wildman–Crippen MR) is 72.9 cm³/mol. The van der Waals surface area contributed by atoms with E-state index < -0.39 is 21.4 Å². The number of hydrogen-bond acceptors (Lipinski definition) is 4. The summed E-state index contributed by atoms with van der Waals surface area (Å²) in [5.41, 5.74) is 5.90. The Bertz CT molecular complexity index is 795. The molecule has 2 N–H and O–H groups in total. The third kappa shape index (κ3) is 2.78. The van der Waals surface area contributed by atoms with Crippen molar-refractivity contribution >= 4 is 15.5 Å². The fourth-order valence-electron chi connectivity index (χ4n) is 1.78. The zero-order valence-corrected chi connectivity index (χ0v) is 11.2. The van der Waals surface area contributed by atoms with Gasteiger partial charge in [-0.15, -0.1) is 0 Å². The van der Waals surface area contributed by atoms with Crippen LogP contribution in [0.5, 0.6) is 0 Å². The summed E-state index contributed by atoms with van der Waals surface area (Å²) in [6.07, 6.45) is 0. The number of halogens is 1. The lowest BCUT2D eigenvalue weighted by Crippen LogP contribution is -2.09. The topological polar surface area (TPSA) is 84.0 Å². The number of nitrogens with zero attached hydrogens (tertiary/aromatic N) is 1. The summed E-state index contributed by atoms with van der Waals surface area (Å²) in [5, 5.41) is 8.65. The molecule has 6 heteroatoms. The molecule has 102 valence electrons. The van der Waals surface area contributed by atoms with Crippen molar-refractivity contribution in [2.45, 2.75) is 10.6 Å². The van der Waals surface area contributed by atoms with Crippen LogP contribution in [0.2, 0.25) is 0 Å². The SMILES string of the molecule is N#Cc1ccc(CS(=O)(=O)c2ccccc2N)c(F)c1. The zero-order valence-electron chi connectivity index (χ0n) is 10.4. The standard InChI is InChI=1S/C14H11FN2O2S/c15-12-7-10(8-16)5-6-11(12)9-20(18,19)14-4-2-1-3-13(14)17/h1-7H,9,17H2. The molecule has 0 saturated carbocycles. The second-order valence-electron chi connectivity index (χ2n) is 4.21. The van der Waals surface area contributed by atoms with Gasteiger partial charge in [-0.3, -0.25) is 0 Å². The lowest BCUT2D eigenvalue weighted by molar-refractivity contribution is 0.587. The quantitative estimate of drug-likeness (QED) is 0.879. The first-order valence-corrected chi connectivity index (χ1v) is 7.35. The minimum Gasteiger partial charge on any atom is -0.398 e. The van der Waals surface area contributed by atoms with Gasteiger partial charge in [0.15, 0.2) is 9.84 Å². The van der Waals surface area contributed by atoms with Gasteiger partial charge in [0.2, 0.25) is 0 Å². The van der Waals surface area contributed by atoms with Crippen LogP contribution >= 0.6 is 0 Å². The van der Waals surface area contributed by atoms with Gasteiger partial charge >= 0.3 is 0 Å². The maximum Gasteiger partial charge on any atom is 0.184 e. The number of benzene rings is 2. The molecule has 0 heterocycles. The Kier molecular flexibility index (Phi) is 3.72. The average Bonchev–Trinajstić information content (AvgIpc) is 2.41. The van der Waals surface area contributed by atoms with Crippen LogP contribution in [0, 0.1) is 17.1 Å². The summed E-state index contributed by atoms with van der Waals surface area (Å²) in [6.45, 7) is 0. The van der Waals surface area contributed by atoms with Crippen molar-refractivity contribution < 1.29 is 12.8 Å². The summed E-state index contributed by atoms with van der Waals surface area (Å²) < 4.78 is 38.2. The van der Waals surface area contributed by atoms with Crippen LogP contribution in [-0.2, 0) is 15.6 Å². The van der Waals surface area contributed by atoms with E-state index in [0.717, 1.165) is 6.07 Å². The second kappa shape index (κ2) is 5.31. The van der Waals surface area contributed by atoms with E-state index in [0.29, 0.717) is 0 Å². The molecule has 2 rings (SSSR count). The van der Waals surface area contributed by atoms with E-state index in [1.165, 1.54) is 24.3 Å². The van der Waals surface area contributed by atoms with Crippen molar-refractivity contribution in [2.75, 3.05) is 5.73 Å². The number of anilines is 1. The molecule has 0 aliphatic rings. The van der Waals surface area contributed by atoms with Crippen molar-refractivity contribution in [2.24, 2.45) is 0 Å². The molecule has 2 aromatic rings. The van der Waals surface area contributed by atoms with E-state index in [-0.39, 0.29) is 21.7 Å². The summed E-state index contributed by atoms with van der Waals surface area (Å²) in [7, 11) is -3.73. The Morgan fingerprint density at radius 3 is 2.50 bits per heavy atom. The van der Waals surface area contributed by atoms with Crippen LogP contribution < -0.4 is 5.73 Å². The molecule has 0 spiro atoms. The lowest BCUT2D eigenvalue weighted by Gasteiger charge is -2.08. The highest BCUT2D eigenvalue weighted by Gasteiger charge is 2.20. The summed E-state index contributed by atoms with van der Waals surface area (Å²) in [4.78, 5) is -0.0243. The Morgan fingerprint density at radius 1 is 1.20 bits per heavy atom. The molecule has 0 bridgehead atoms. The molecule has 0 saturated heterocycles. The smallest absolute Gasteiger partial charge is 0.184 e. The van der Waals surface area contributed by atoms with E-state index in [4.69, 9.17) is 11.0 Å². The predicted octanol–water partition coefficient (Wildman–Crippen LogP) is 2.25. The Balaban J connectivity index is 2.40. The minimum atomic E-state index is -3.73. The van der Waals surface area contributed by atoms with Crippen LogP contribution in [0.1, 0.15) is 11.1 Å². The fourth-order valence-corrected chi connectivity index (χ4v) is 3.29. The Labute approximate surface area is 116 Å². The van der Waals surface area contributed by atoms with Crippen LogP contribution in [0.4, 0.5) is 10.1 Å².